The Morgan fingerprint density at radius 3 is 2.56 bits per heavy atom. The molecule has 1 aliphatic carbocycles. The van der Waals surface area contributed by atoms with Gasteiger partial charge in [-0.25, -0.2) is 0 Å². The van der Waals surface area contributed by atoms with Crippen molar-refractivity contribution in [2.45, 2.75) is 50.9 Å². The van der Waals surface area contributed by atoms with E-state index in [1.807, 2.05) is 18.2 Å². The van der Waals surface area contributed by atoms with Crippen molar-refractivity contribution in [3.63, 3.8) is 0 Å². The maximum atomic E-state index is 9.82. The molecule has 1 unspecified atom stereocenters. The monoisotopic (exact) mass is 239 g/mol. The topological polar surface area (TPSA) is 23.8 Å². The molecule has 1 aromatic rings. The van der Waals surface area contributed by atoms with Crippen molar-refractivity contribution < 1.29 is 0 Å². The van der Waals surface area contributed by atoms with E-state index in [-0.39, 0.29) is 5.41 Å². The van der Waals surface area contributed by atoms with Gasteiger partial charge in [0.2, 0.25) is 0 Å². The van der Waals surface area contributed by atoms with E-state index < -0.39 is 0 Å². The lowest BCUT2D eigenvalue weighted by atomic mass is 9.69. The Labute approximate surface area is 110 Å². The van der Waals surface area contributed by atoms with Crippen LogP contribution in [0, 0.1) is 11.3 Å². The summed E-state index contributed by atoms with van der Waals surface area (Å²) in [5.74, 6) is 0. The zero-order valence-corrected chi connectivity index (χ0v) is 11.2. The fraction of sp³-hybridized carbons (Fsp3) is 0.471. The lowest BCUT2D eigenvalue weighted by Crippen LogP contribution is -2.27. The molecular formula is C17H21N. The van der Waals surface area contributed by atoms with Crippen molar-refractivity contribution in [2.75, 3.05) is 0 Å². The summed E-state index contributed by atoms with van der Waals surface area (Å²) in [6.45, 7) is 2.17. The largest absolute Gasteiger partial charge is 0.197 e. The van der Waals surface area contributed by atoms with Crippen molar-refractivity contribution in [2.24, 2.45) is 0 Å². The number of hydrogen-bond donors (Lipinski definition) is 0. The summed E-state index contributed by atoms with van der Waals surface area (Å²) in [5.41, 5.74) is 2.14. The van der Waals surface area contributed by atoms with Gasteiger partial charge in [0.1, 0.15) is 5.41 Å². The van der Waals surface area contributed by atoms with Crippen LogP contribution < -0.4 is 0 Å². The molecule has 0 aromatic heterocycles. The van der Waals surface area contributed by atoms with Crippen molar-refractivity contribution in [1.82, 2.24) is 0 Å². The average Bonchev–Trinajstić information content (AvgIpc) is 2.47. The maximum absolute atomic E-state index is 9.82. The third kappa shape index (κ3) is 2.34. The van der Waals surface area contributed by atoms with Gasteiger partial charge in [0.15, 0.2) is 0 Å². The molecule has 1 heteroatoms. The Hall–Kier alpha value is -1.55. The molecule has 2 rings (SSSR count). The molecule has 1 aliphatic rings. The minimum Gasteiger partial charge on any atom is -0.197 e. The summed E-state index contributed by atoms with van der Waals surface area (Å²) in [7, 11) is 0. The van der Waals surface area contributed by atoms with Gasteiger partial charge in [-0.2, -0.15) is 5.26 Å². The van der Waals surface area contributed by atoms with E-state index in [1.54, 1.807) is 0 Å². The molecule has 0 radical (unpaired) electrons. The molecule has 1 aromatic carbocycles. The second-order valence-corrected chi connectivity index (χ2v) is 5.11. The number of nitriles is 1. The SMILES string of the molecule is CCCC(C#N)(C1=CCCCC1)c1ccccc1. The summed E-state index contributed by atoms with van der Waals surface area (Å²) in [5, 5.41) is 9.82. The van der Waals surface area contributed by atoms with Crippen molar-refractivity contribution in [3.05, 3.63) is 47.5 Å². The van der Waals surface area contributed by atoms with Gasteiger partial charge in [-0.3, -0.25) is 0 Å². The number of benzene rings is 1. The molecule has 0 N–H and O–H groups in total. The van der Waals surface area contributed by atoms with E-state index in [9.17, 15) is 5.26 Å². The van der Waals surface area contributed by atoms with Crippen LogP contribution in [0.4, 0.5) is 0 Å². The molecule has 0 aliphatic heterocycles. The Morgan fingerprint density at radius 2 is 2.00 bits per heavy atom. The first kappa shape index (κ1) is 12.9. The predicted molar refractivity (Wildman–Crippen MR) is 75.2 cm³/mol. The Kier molecular flexibility index (Phi) is 4.20. The van der Waals surface area contributed by atoms with Crippen molar-refractivity contribution >= 4 is 0 Å². The van der Waals surface area contributed by atoms with Crippen LogP contribution in [0.25, 0.3) is 0 Å². The molecule has 18 heavy (non-hydrogen) atoms. The quantitative estimate of drug-likeness (QED) is 0.696. The van der Waals surface area contributed by atoms with Crippen LogP contribution in [0.3, 0.4) is 0 Å². The molecule has 0 spiro atoms. The number of allylic oxidation sites excluding steroid dienone is 2. The minimum absolute atomic E-state index is 0.379. The highest BCUT2D eigenvalue weighted by Gasteiger charge is 2.35. The predicted octanol–water partition coefficient (Wildman–Crippen LogP) is 4.75. The first-order valence-electron chi connectivity index (χ1n) is 7.00. The third-order valence-corrected chi connectivity index (χ3v) is 3.92. The third-order valence-electron chi connectivity index (χ3n) is 3.92. The molecular weight excluding hydrogens is 218 g/mol. The Bertz CT molecular complexity index is 452. The molecule has 94 valence electrons. The summed E-state index contributed by atoms with van der Waals surface area (Å²) in [6.07, 6.45) is 9.00. The standard InChI is InChI=1S/C17H21N/c1-2-13-17(14-18,15-9-5-3-6-10-15)16-11-7-4-8-12-16/h3,5-6,9-11H,2,4,7-8,12-13H2,1H3. The lowest BCUT2D eigenvalue weighted by molar-refractivity contribution is 0.521. The van der Waals surface area contributed by atoms with Crippen LogP contribution in [0.5, 0.6) is 0 Å². The van der Waals surface area contributed by atoms with Crippen LogP contribution in [0.1, 0.15) is 51.0 Å². The van der Waals surface area contributed by atoms with Gasteiger partial charge in [-0.05, 0) is 43.2 Å². The van der Waals surface area contributed by atoms with Gasteiger partial charge in [0.05, 0.1) is 6.07 Å². The maximum Gasteiger partial charge on any atom is 0.103 e. The highest BCUT2D eigenvalue weighted by atomic mass is 14.4. The second-order valence-electron chi connectivity index (χ2n) is 5.11. The fourth-order valence-electron chi connectivity index (χ4n) is 3.01. The van der Waals surface area contributed by atoms with E-state index >= 15 is 0 Å². The van der Waals surface area contributed by atoms with Crippen molar-refractivity contribution in [3.8, 4) is 6.07 Å². The van der Waals surface area contributed by atoms with E-state index in [0.717, 1.165) is 25.7 Å². The second kappa shape index (κ2) is 5.87. The Balaban J connectivity index is 2.46. The first-order chi connectivity index (χ1) is 8.83. The number of hydrogen-bond acceptors (Lipinski definition) is 1. The molecule has 0 saturated carbocycles. The van der Waals surface area contributed by atoms with E-state index in [4.69, 9.17) is 0 Å². The summed E-state index contributed by atoms with van der Waals surface area (Å²) in [6, 6.07) is 13.0. The minimum atomic E-state index is -0.379. The highest BCUT2D eigenvalue weighted by molar-refractivity contribution is 5.44. The number of nitrogens with zero attached hydrogens (tertiary/aromatic N) is 1. The zero-order chi connectivity index (χ0) is 12.8. The average molecular weight is 239 g/mol. The molecule has 0 saturated heterocycles. The van der Waals surface area contributed by atoms with E-state index in [2.05, 4.69) is 31.2 Å². The van der Waals surface area contributed by atoms with E-state index in [0.29, 0.717) is 0 Å². The van der Waals surface area contributed by atoms with Gasteiger partial charge in [0.25, 0.3) is 0 Å². The van der Waals surface area contributed by atoms with Crippen molar-refractivity contribution in [1.29, 1.82) is 5.26 Å². The normalized spacial score (nSPS) is 18.6. The van der Waals surface area contributed by atoms with Gasteiger partial charge < -0.3 is 0 Å². The molecule has 1 atom stereocenters. The molecule has 0 fully saturated rings. The lowest BCUT2D eigenvalue weighted by Gasteiger charge is -2.32. The van der Waals surface area contributed by atoms with Crippen LogP contribution >= 0.6 is 0 Å². The summed E-state index contributed by atoms with van der Waals surface area (Å²) in [4.78, 5) is 0. The Morgan fingerprint density at radius 1 is 1.22 bits per heavy atom. The molecule has 0 bridgehead atoms. The van der Waals surface area contributed by atoms with Crippen LogP contribution in [0.15, 0.2) is 42.0 Å². The van der Waals surface area contributed by atoms with Crippen LogP contribution in [-0.2, 0) is 5.41 Å². The van der Waals surface area contributed by atoms with Gasteiger partial charge in [0, 0.05) is 0 Å². The molecule has 0 amide bonds. The van der Waals surface area contributed by atoms with Crippen LogP contribution in [0.2, 0.25) is 0 Å². The van der Waals surface area contributed by atoms with E-state index in [1.165, 1.54) is 24.0 Å². The molecule has 1 nitrogen and oxygen atoms in total. The van der Waals surface area contributed by atoms with Gasteiger partial charge in [-0.1, -0.05) is 49.8 Å². The summed E-state index contributed by atoms with van der Waals surface area (Å²) >= 11 is 0. The highest BCUT2D eigenvalue weighted by Crippen LogP contribution is 2.40. The number of rotatable bonds is 4. The zero-order valence-electron chi connectivity index (χ0n) is 11.2. The first-order valence-corrected chi connectivity index (χ1v) is 7.00. The fourth-order valence-corrected chi connectivity index (χ4v) is 3.01. The van der Waals surface area contributed by atoms with Gasteiger partial charge in [-0.15, -0.1) is 0 Å². The summed E-state index contributed by atoms with van der Waals surface area (Å²) < 4.78 is 0. The molecule has 0 heterocycles. The smallest absolute Gasteiger partial charge is 0.103 e. The van der Waals surface area contributed by atoms with Crippen LogP contribution in [-0.4, -0.2) is 0 Å². The van der Waals surface area contributed by atoms with Gasteiger partial charge >= 0.3 is 0 Å².